The van der Waals surface area contributed by atoms with Gasteiger partial charge in [-0.2, -0.15) is 0 Å². The van der Waals surface area contributed by atoms with Gasteiger partial charge in [-0.25, -0.2) is 12.8 Å². The van der Waals surface area contributed by atoms with Crippen LogP contribution < -0.4 is 15.8 Å². The van der Waals surface area contributed by atoms with Crippen LogP contribution in [-0.2, 0) is 29.5 Å². The highest BCUT2D eigenvalue weighted by Crippen LogP contribution is 2.37. The normalized spacial score (nSPS) is 13.5. The van der Waals surface area contributed by atoms with Gasteiger partial charge in [0.15, 0.2) is 0 Å². The molecule has 3 aromatic carbocycles. The molecular weight excluding hydrogens is 539 g/mol. The van der Waals surface area contributed by atoms with Crippen molar-refractivity contribution in [2.24, 2.45) is 5.73 Å². The van der Waals surface area contributed by atoms with E-state index in [-0.39, 0.29) is 16.1 Å². The Morgan fingerprint density at radius 2 is 1.67 bits per heavy atom. The average molecular weight is 565 g/mol. The molecule has 39 heavy (non-hydrogen) atoms. The van der Waals surface area contributed by atoms with Crippen molar-refractivity contribution in [3.05, 3.63) is 112 Å². The van der Waals surface area contributed by atoms with Crippen LogP contribution in [0.4, 0.5) is 15.1 Å². The fraction of sp³-hybridized carbons (Fsp3) is 0.143. The zero-order valence-corrected chi connectivity index (χ0v) is 22.3. The minimum atomic E-state index is -3.92. The third-order valence-electron chi connectivity index (χ3n) is 6.38. The van der Waals surface area contributed by atoms with Gasteiger partial charge in [-0.15, -0.1) is 11.3 Å². The van der Waals surface area contributed by atoms with E-state index in [0.717, 1.165) is 47.8 Å². The van der Waals surface area contributed by atoms with Crippen LogP contribution in [0.15, 0.2) is 83.8 Å². The van der Waals surface area contributed by atoms with Crippen molar-refractivity contribution in [2.75, 3.05) is 16.6 Å². The Kier molecular flexibility index (Phi) is 7.47. The maximum atomic E-state index is 13.1. The number of sulfonamides is 1. The number of rotatable bonds is 8. The summed E-state index contributed by atoms with van der Waals surface area (Å²) in [6.45, 7) is 2.19. The number of thiophene rings is 1. The van der Waals surface area contributed by atoms with Crippen LogP contribution in [0.2, 0.25) is 0 Å². The lowest BCUT2D eigenvalue weighted by Gasteiger charge is -2.27. The van der Waals surface area contributed by atoms with Crippen LogP contribution in [-0.4, -0.2) is 31.7 Å². The Hall–Kier alpha value is -4.06. The number of nitrogens with one attached hydrogen (secondary N) is 2. The smallest absolute Gasteiger partial charge is 0.261 e. The number of fused-ring (bicyclic) bond motifs is 1. The maximum absolute atomic E-state index is 13.1. The number of nitrogens with two attached hydrogens (primary N) is 1. The second-order valence-corrected chi connectivity index (χ2v) is 11.9. The third-order valence-corrected chi connectivity index (χ3v) is 8.91. The van der Waals surface area contributed by atoms with E-state index in [1.165, 1.54) is 41.2 Å². The van der Waals surface area contributed by atoms with Crippen LogP contribution in [0.5, 0.6) is 0 Å². The number of primary amides is 1. The van der Waals surface area contributed by atoms with Gasteiger partial charge < -0.3 is 11.1 Å². The fourth-order valence-corrected chi connectivity index (χ4v) is 6.82. The second-order valence-electron chi connectivity index (χ2n) is 9.11. The standard InChI is InChI=1S/C28H25FN4O4S2/c29-20-8-12-22(13-9-20)39(36,37)32-21-10-6-19(7-11-21)27(35)31-28-25(26(30)34)23-14-15-33(17-24(23)38-28)16-18-4-2-1-3-5-18/h1-13,32H,14-17H2,(H2,30,34)(H,31,35). The van der Waals surface area contributed by atoms with Gasteiger partial charge in [0.05, 0.1) is 10.5 Å². The third kappa shape index (κ3) is 6.00. The van der Waals surface area contributed by atoms with Crippen LogP contribution in [0.3, 0.4) is 0 Å². The number of anilines is 2. The molecule has 0 aliphatic carbocycles. The lowest BCUT2D eigenvalue weighted by atomic mass is 10.0. The molecule has 2 heterocycles. The summed E-state index contributed by atoms with van der Waals surface area (Å²) in [4.78, 5) is 28.5. The van der Waals surface area contributed by atoms with E-state index in [4.69, 9.17) is 5.73 Å². The minimum absolute atomic E-state index is 0.0892. The van der Waals surface area contributed by atoms with Crippen molar-refractivity contribution in [3.63, 3.8) is 0 Å². The fourth-order valence-electron chi connectivity index (χ4n) is 4.47. The molecule has 0 bridgehead atoms. The minimum Gasteiger partial charge on any atom is -0.365 e. The van der Waals surface area contributed by atoms with E-state index in [2.05, 4.69) is 27.1 Å². The van der Waals surface area contributed by atoms with Crippen LogP contribution in [0, 0.1) is 5.82 Å². The van der Waals surface area contributed by atoms with E-state index >= 15 is 0 Å². The van der Waals surface area contributed by atoms with Gasteiger partial charge in [0, 0.05) is 35.8 Å². The molecule has 0 atom stereocenters. The van der Waals surface area contributed by atoms with Crippen molar-refractivity contribution in [2.45, 2.75) is 24.4 Å². The number of amides is 2. The Morgan fingerprint density at radius 1 is 0.974 bits per heavy atom. The second kappa shape index (κ2) is 11.0. The molecule has 0 spiro atoms. The van der Waals surface area contributed by atoms with Gasteiger partial charge in [-0.1, -0.05) is 30.3 Å². The van der Waals surface area contributed by atoms with Gasteiger partial charge in [0.1, 0.15) is 10.8 Å². The maximum Gasteiger partial charge on any atom is 0.261 e. The Morgan fingerprint density at radius 3 is 2.33 bits per heavy atom. The molecule has 1 aliphatic rings. The van der Waals surface area contributed by atoms with Crippen LogP contribution in [0.25, 0.3) is 0 Å². The van der Waals surface area contributed by atoms with Crippen LogP contribution in [0.1, 0.15) is 36.7 Å². The van der Waals surface area contributed by atoms with Gasteiger partial charge in [0.2, 0.25) is 0 Å². The van der Waals surface area contributed by atoms with E-state index in [1.54, 1.807) is 0 Å². The summed E-state index contributed by atoms with van der Waals surface area (Å²) in [5, 5.41) is 3.22. The van der Waals surface area contributed by atoms with Crippen molar-refractivity contribution >= 4 is 43.9 Å². The van der Waals surface area contributed by atoms with Gasteiger partial charge in [-0.3, -0.25) is 19.2 Å². The molecule has 0 saturated carbocycles. The highest BCUT2D eigenvalue weighted by molar-refractivity contribution is 7.92. The molecule has 2 amide bonds. The molecule has 0 unspecified atom stereocenters. The van der Waals surface area contributed by atoms with Crippen molar-refractivity contribution in [1.29, 1.82) is 0 Å². The molecular formula is C28H25FN4O4S2. The Bertz CT molecular complexity index is 1620. The summed E-state index contributed by atoms with van der Waals surface area (Å²) < 4.78 is 40.6. The number of hydrogen-bond acceptors (Lipinski definition) is 6. The summed E-state index contributed by atoms with van der Waals surface area (Å²) in [6, 6.07) is 20.4. The summed E-state index contributed by atoms with van der Waals surface area (Å²) in [6.07, 6.45) is 0.649. The van der Waals surface area contributed by atoms with E-state index in [0.29, 0.717) is 23.5 Å². The molecule has 11 heteroatoms. The van der Waals surface area contributed by atoms with Gasteiger partial charge in [0.25, 0.3) is 21.8 Å². The molecule has 1 aromatic heterocycles. The monoisotopic (exact) mass is 564 g/mol. The number of nitrogens with zero attached hydrogens (tertiary/aromatic N) is 1. The Labute approximate surface area is 229 Å². The largest absolute Gasteiger partial charge is 0.365 e. The number of halogens is 1. The molecule has 1 aliphatic heterocycles. The summed E-state index contributed by atoms with van der Waals surface area (Å²) in [5.41, 5.74) is 8.62. The van der Waals surface area contributed by atoms with Crippen molar-refractivity contribution in [1.82, 2.24) is 4.90 Å². The Balaban J connectivity index is 1.29. The molecule has 5 rings (SSSR count). The first-order chi connectivity index (χ1) is 18.7. The highest BCUT2D eigenvalue weighted by Gasteiger charge is 2.28. The number of carbonyl (C=O) groups is 2. The molecule has 8 nitrogen and oxygen atoms in total. The number of benzene rings is 3. The molecule has 4 aromatic rings. The quantitative estimate of drug-likeness (QED) is 0.289. The summed E-state index contributed by atoms with van der Waals surface area (Å²) in [7, 11) is -3.92. The summed E-state index contributed by atoms with van der Waals surface area (Å²) >= 11 is 1.34. The predicted octanol–water partition coefficient (Wildman–Crippen LogP) is 4.60. The topological polar surface area (TPSA) is 122 Å². The lowest BCUT2D eigenvalue weighted by molar-refractivity contribution is 0.0999. The molecule has 4 N–H and O–H groups in total. The molecule has 0 saturated heterocycles. The first kappa shape index (κ1) is 26.5. The van der Waals surface area contributed by atoms with E-state index in [1.807, 2.05) is 18.2 Å². The van der Waals surface area contributed by atoms with Crippen molar-refractivity contribution < 1.29 is 22.4 Å². The number of hydrogen-bond donors (Lipinski definition) is 3. The number of carbonyl (C=O) groups excluding carboxylic acids is 2. The van der Waals surface area contributed by atoms with E-state index in [9.17, 15) is 22.4 Å². The lowest BCUT2D eigenvalue weighted by Crippen LogP contribution is -2.30. The highest BCUT2D eigenvalue weighted by atomic mass is 32.2. The first-order valence-corrected chi connectivity index (χ1v) is 14.4. The van der Waals surface area contributed by atoms with Gasteiger partial charge in [-0.05, 0) is 66.1 Å². The molecule has 0 fully saturated rings. The SMILES string of the molecule is NC(=O)c1c(NC(=O)c2ccc(NS(=O)(=O)c3ccc(F)cc3)cc2)sc2c1CCN(Cc1ccccc1)C2. The zero-order valence-electron chi connectivity index (χ0n) is 20.7. The zero-order chi connectivity index (χ0) is 27.6. The van der Waals surface area contributed by atoms with Gasteiger partial charge >= 0.3 is 0 Å². The average Bonchev–Trinajstić information content (AvgIpc) is 3.27. The first-order valence-electron chi connectivity index (χ1n) is 12.1. The molecule has 200 valence electrons. The van der Waals surface area contributed by atoms with Crippen molar-refractivity contribution in [3.8, 4) is 0 Å². The predicted molar refractivity (Wildman–Crippen MR) is 149 cm³/mol. The van der Waals surface area contributed by atoms with Crippen LogP contribution >= 0.6 is 11.3 Å². The van der Waals surface area contributed by atoms with E-state index < -0.39 is 27.7 Å². The summed E-state index contributed by atoms with van der Waals surface area (Å²) in [5.74, 6) is -1.59. The molecule has 0 radical (unpaired) electrons.